The zero-order chi connectivity index (χ0) is 16.5. The maximum absolute atomic E-state index is 12.2. The van der Waals surface area contributed by atoms with Gasteiger partial charge in [0.15, 0.2) is 0 Å². The van der Waals surface area contributed by atoms with Gasteiger partial charge in [-0.25, -0.2) is 0 Å². The first-order valence-electron chi connectivity index (χ1n) is 6.29. The van der Waals surface area contributed by atoms with Crippen LogP contribution >= 0.6 is 0 Å². The Hall–Kier alpha value is -1.76. The number of rotatable bonds is 4. The molecule has 0 aliphatic rings. The van der Waals surface area contributed by atoms with E-state index in [-0.39, 0.29) is 11.6 Å². The van der Waals surface area contributed by atoms with Crippen LogP contribution in [-0.2, 0) is 4.79 Å². The molecular weight excluding hydrogens is 285 g/mol. The number of alkyl halides is 3. The molecule has 21 heavy (non-hydrogen) atoms. The molecular formula is C14H19F3N2O2. The number of hydrogen-bond donors (Lipinski definition) is 2. The number of ether oxygens (including phenoxy) is 1. The number of amides is 1. The fraction of sp³-hybridized carbons (Fsp3) is 0.500. The summed E-state index contributed by atoms with van der Waals surface area (Å²) in [7, 11) is 0. The predicted octanol–water partition coefficient (Wildman–Crippen LogP) is 3.29. The number of carbonyl (C=O) groups is 1. The Balaban J connectivity index is 2.90. The van der Waals surface area contributed by atoms with Gasteiger partial charge in [-0.3, -0.25) is 4.79 Å². The van der Waals surface area contributed by atoms with Gasteiger partial charge >= 0.3 is 6.36 Å². The van der Waals surface area contributed by atoms with Crippen molar-refractivity contribution in [3.8, 4) is 5.75 Å². The third-order valence-corrected chi connectivity index (χ3v) is 3.50. The van der Waals surface area contributed by atoms with Crippen molar-refractivity contribution in [3.05, 3.63) is 24.3 Å². The molecule has 118 valence electrons. The topological polar surface area (TPSA) is 64.4 Å². The Morgan fingerprint density at radius 1 is 1.19 bits per heavy atom. The average molecular weight is 304 g/mol. The lowest BCUT2D eigenvalue weighted by molar-refractivity contribution is -0.274. The van der Waals surface area contributed by atoms with Crippen molar-refractivity contribution < 1.29 is 22.7 Å². The number of halogens is 3. The van der Waals surface area contributed by atoms with E-state index in [1.807, 2.05) is 0 Å². The highest BCUT2D eigenvalue weighted by Crippen LogP contribution is 2.31. The molecule has 1 aromatic carbocycles. The van der Waals surface area contributed by atoms with E-state index in [1.54, 1.807) is 27.7 Å². The zero-order valence-corrected chi connectivity index (χ0v) is 12.3. The van der Waals surface area contributed by atoms with E-state index >= 15 is 0 Å². The van der Waals surface area contributed by atoms with Crippen molar-refractivity contribution in [1.82, 2.24) is 0 Å². The highest BCUT2D eigenvalue weighted by atomic mass is 19.4. The van der Waals surface area contributed by atoms with E-state index < -0.39 is 23.1 Å². The summed E-state index contributed by atoms with van der Waals surface area (Å²) in [5, 5.41) is 2.55. The van der Waals surface area contributed by atoms with E-state index in [0.29, 0.717) is 0 Å². The number of carbonyl (C=O) groups excluding carboxylic acids is 1. The van der Waals surface area contributed by atoms with Crippen molar-refractivity contribution >= 4 is 11.6 Å². The molecule has 0 spiro atoms. The first-order valence-corrected chi connectivity index (χ1v) is 6.29. The Morgan fingerprint density at radius 2 is 1.76 bits per heavy atom. The van der Waals surface area contributed by atoms with Crippen LogP contribution in [-0.4, -0.2) is 17.8 Å². The maximum Gasteiger partial charge on any atom is 0.573 e. The van der Waals surface area contributed by atoms with Crippen LogP contribution in [0.3, 0.4) is 0 Å². The van der Waals surface area contributed by atoms with Crippen LogP contribution in [0.4, 0.5) is 18.9 Å². The summed E-state index contributed by atoms with van der Waals surface area (Å²) in [5.74, 6) is -0.788. The molecule has 0 saturated heterocycles. The van der Waals surface area contributed by atoms with E-state index in [0.717, 1.165) is 12.1 Å². The van der Waals surface area contributed by atoms with Crippen LogP contribution in [0.2, 0.25) is 0 Å². The molecule has 0 aliphatic heterocycles. The normalized spacial score (nSPS) is 13.0. The van der Waals surface area contributed by atoms with E-state index in [1.165, 1.54) is 12.1 Å². The minimum atomic E-state index is -4.78. The smallest absolute Gasteiger partial charge is 0.406 e. The van der Waals surface area contributed by atoms with Gasteiger partial charge in [-0.05, 0) is 39.8 Å². The first kappa shape index (κ1) is 17.3. The monoisotopic (exact) mass is 304 g/mol. The highest BCUT2D eigenvalue weighted by Gasteiger charge is 2.40. The second-order valence-electron chi connectivity index (χ2n) is 5.88. The Labute approximate surface area is 121 Å². The molecule has 1 rings (SSSR count). The Morgan fingerprint density at radius 3 is 2.24 bits per heavy atom. The number of anilines is 1. The maximum atomic E-state index is 12.2. The largest absolute Gasteiger partial charge is 0.573 e. The van der Waals surface area contributed by atoms with Crippen LogP contribution in [0, 0.1) is 5.41 Å². The molecule has 7 heteroatoms. The molecule has 1 amide bonds. The standard InChI is InChI=1S/C14H19F3N2O2/c1-12(2,13(3,4)18)11(20)19-9-6-5-7-10(8-9)21-14(15,16)17/h5-8H,18H2,1-4H3,(H,19,20). The summed E-state index contributed by atoms with van der Waals surface area (Å²) in [6.07, 6.45) is -4.78. The fourth-order valence-electron chi connectivity index (χ4n) is 1.35. The molecule has 1 aromatic rings. The van der Waals surface area contributed by atoms with Gasteiger partial charge in [-0.2, -0.15) is 0 Å². The molecule has 0 bridgehead atoms. The van der Waals surface area contributed by atoms with Gasteiger partial charge in [-0.15, -0.1) is 13.2 Å². The van der Waals surface area contributed by atoms with Gasteiger partial charge in [0, 0.05) is 17.3 Å². The van der Waals surface area contributed by atoms with Crippen molar-refractivity contribution in [3.63, 3.8) is 0 Å². The zero-order valence-electron chi connectivity index (χ0n) is 12.3. The van der Waals surface area contributed by atoms with Crippen LogP contribution in [0.1, 0.15) is 27.7 Å². The quantitative estimate of drug-likeness (QED) is 0.897. The first-order chi connectivity index (χ1) is 9.33. The third-order valence-electron chi connectivity index (χ3n) is 3.50. The minimum absolute atomic E-state index is 0.207. The molecule has 0 heterocycles. The number of hydrogen-bond acceptors (Lipinski definition) is 3. The van der Waals surface area contributed by atoms with Gasteiger partial charge in [0.1, 0.15) is 5.75 Å². The number of benzene rings is 1. The van der Waals surface area contributed by atoms with Crippen LogP contribution in [0.15, 0.2) is 24.3 Å². The second kappa shape index (κ2) is 5.55. The van der Waals surface area contributed by atoms with Crippen LogP contribution < -0.4 is 15.8 Å². The summed E-state index contributed by atoms with van der Waals surface area (Å²) < 4.78 is 40.3. The van der Waals surface area contributed by atoms with Crippen molar-refractivity contribution in [2.24, 2.45) is 11.1 Å². The summed E-state index contributed by atoms with van der Waals surface area (Å²) >= 11 is 0. The summed E-state index contributed by atoms with van der Waals surface area (Å²) in [6, 6.07) is 5.09. The summed E-state index contributed by atoms with van der Waals surface area (Å²) in [5.41, 5.74) is 4.45. The van der Waals surface area contributed by atoms with Crippen molar-refractivity contribution in [1.29, 1.82) is 0 Å². The SMILES string of the molecule is CC(C)(N)C(C)(C)C(=O)Nc1cccc(OC(F)(F)F)c1. The molecule has 0 radical (unpaired) electrons. The van der Waals surface area contributed by atoms with Crippen molar-refractivity contribution in [2.45, 2.75) is 39.6 Å². The van der Waals surface area contributed by atoms with Gasteiger partial charge < -0.3 is 15.8 Å². The molecule has 3 N–H and O–H groups in total. The molecule has 0 fully saturated rings. The molecule has 4 nitrogen and oxygen atoms in total. The lowest BCUT2D eigenvalue weighted by Gasteiger charge is -2.36. The lowest BCUT2D eigenvalue weighted by atomic mass is 9.74. The molecule has 0 atom stereocenters. The van der Waals surface area contributed by atoms with Crippen molar-refractivity contribution in [2.75, 3.05) is 5.32 Å². The van der Waals surface area contributed by atoms with E-state index in [4.69, 9.17) is 5.73 Å². The van der Waals surface area contributed by atoms with Gasteiger partial charge in [0.25, 0.3) is 0 Å². The van der Waals surface area contributed by atoms with Gasteiger partial charge in [-0.1, -0.05) is 6.07 Å². The van der Waals surface area contributed by atoms with Crippen LogP contribution in [0.25, 0.3) is 0 Å². The summed E-state index contributed by atoms with van der Waals surface area (Å²) in [4.78, 5) is 12.2. The number of nitrogens with one attached hydrogen (secondary N) is 1. The molecule has 0 saturated carbocycles. The minimum Gasteiger partial charge on any atom is -0.406 e. The number of nitrogens with two attached hydrogens (primary N) is 1. The van der Waals surface area contributed by atoms with Gasteiger partial charge in [0.05, 0.1) is 5.41 Å². The lowest BCUT2D eigenvalue weighted by Crippen LogP contribution is -2.53. The second-order valence-corrected chi connectivity index (χ2v) is 5.88. The van der Waals surface area contributed by atoms with Crippen LogP contribution in [0.5, 0.6) is 5.75 Å². The van der Waals surface area contributed by atoms with E-state index in [2.05, 4.69) is 10.1 Å². The molecule has 0 aromatic heterocycles. The fourth-order valence-corrected chi connectivity index (χ4v) is 1.35. The average Bonchev–Trinajstić information content (AvgIpc) is 2.25. The Bertz CT molecular complexity index is 520. The van der Waals surface area contributed by atoms with Gasteiger partial charge in [0.2, 0.25) is 5.91 Å². The molecule has 0 unspecified atom stereocenters. The molecule has 0 aliphatic carbocycles. The summed E-state index contributed by atoms with van der Waals surface area (Å²) in [6.45, 7) is 6.74. The Kier molecular flexibility index (Phi) is 4.57. The predicted molar refractivity (Wildman–Crippen MR) is 73.8 cm³/mol. The highest BCUT2D eigenvalue weighted by molar-refractivity contribution is 5.95. The van der Waals surface area contributed by atoms with E-state index in [9.17, 15) is 18.0 Å². The third kappa shape index (κ3) is 4.63.